The van der Waals surface area contributed by atoms with Gasteiger partial charge in [-0.3, -0.25) is 19.7 Å². The molecule has 1 rings (SSSR count). The second-order valence-electron chi connectivity index (χ2n) is 5.62. The largest absolute Gasteiger partial charge is 0.481 e. The van der Waals surface area contributed by atoms with E-state index >= 15 is 0 Å². The maximum absolute atomic E-state index is 10.9. The first kappa shape index (κ1) is 18.8. The lowest BCUT2D eigenvalue weighted by Crippen LogP contribution is -2.59. The molecule has 0 aromatic rings. The molecule has 1 aliphatic rings. The summed E-state index contributed by atoms with van der Waals surface area (Å²) in [6.45, 7) is 0. The quantitative estimate of drug-likeness (QED) is 0.354. The average Bonchev–Trinajstić information content (AvgIpc) is 2.41. The third-order valence-corrected chi connectivity index (χ3v) is 3.88. The maximum atomic E-state index is 10.9. The summed E-state index contributed by atoms with van der Waals surface area (Å²) in [6, 6.07) is 0. The number of aliphatic hydroxyl groups is 1. The molecule has 23 heavy (non-hydrogen) atoms. The number of nitrogens with zero attached hydrogens (tertiary/aromatic N) is 1. The van der Waals surface area contributed by atoms with Crippen molar-refractivity contribution in [3.63, 3.8) is 0 Å². The molecular formula is C14H20N2O7. The third-order valence-electron chi connectivity index (χ3n) is 3.88. The van der Waals surface area contributed by atoms with Crippen molar-refractivity contribution in [2.24, 2.45) is 5.73 Å². The molecule has 0 saturated carbocycles. The minimum Gasteiger partial charge on any atom is -0.481 e. The lowest BCUT2D eigenvalue weighted by atomic mass is 9.71. The Morgan fingerprint density at radius 2 is 1.70 bits per heavy atom. The summed E-state index contributed by atoms with van der Waals surface area (Å²) in [5.41, 5.74) is 2.66. The van der Waals surface area contributed by atoms with Gasteiger partial charge >= 0.3 is 11.9 Å². The second kappa shape index (κ2) is 7.34. The maximum Gasteiger partial charge on any atom is 0.303 e. The van der Waals surface area contributed by atoms with E-state index < -0.39 is 28.0 Å². The fourth-order valence-electron chi connectivity index (χ4n) is 2.57. The van der Waals surface area contributed by atoms with Gasteiger partial charge in [-0.05, 0) is 31.8 Å². The number of carboxylic acid groups (broad SMARTS) is 2. The minimum atomic E-state index is -1.67. The number of carboxylic acids is 2. The molecule has 2 atom stereocenters. The number of rotatable bonds is 9. The van der Waals surface area contributed by atoms with Gasteiger partial charge in [0.05, 0.1) is 10.5 Å². The average molecular weight is 328 g/mol. The van der Waals surface area contributed by atoms with E-state index in [9.17, 15) is 24.8 Å². The molecule has 0 radical (unpaired) electrons. The van der Waals surface area contributed by atoms with Gasteiger partial charge in [0.1, 0.15) is 5.60 Å². The van der Waals surface area contributed by atoms with Crippen molar-refractivity contribution < 1.29 is 29.8 Å². The van der Waals surface area contributed by atoms with Crippen molar-refractivity contribution in [1.29, 1.82) is 0 Å². The molecule has 0 aromatic heterocycles. The summed E-state index contributed by atoms with van der Waals surface area (Å²) < 4.78 is 0. The van der Waals surface area contributed by atoms with Crippen molar-refractivity contribution >= 4 is 11.9 Å². The van der Waals surface area contributed by atoms with Crippen LogP contribution < -0.4 is 5.73 Å². The van der Waals surface area contributed by atoms with E-state index in [2.05, 4.69) is 0 Å². The van der Waals surface area contributed by atoms with Crippen LogP contribution in [0, 0.1) is 10.1 Å². The van der Waals surface area contributed by atoms with Crippen LogP contribution in [0.2, 0.25) is 0 Å². The van der Waals surface area contributed by atoms with E-state index in [-0.39, 0.29) is 44.2 Å². The fraction of sp³-hybridized carbons (Fsp3) is 0.571. The van der Waals surface area contributed by atoms with Crippen LogP contribution in [-0.4, -0.2) is 43.3 Å². The van der Waals surface area contributed by atoms with Crippen LogP contribution in [0.3, 0.4) is 0 Å². The Hall–Kier alpha value is -2.26. The molecule has 1 aliphatic carbocycles. The van der Waals surface area contributed by atoms with E-state index in [1.165, 1.54) is 6.08 Å². The van der Waals surface area contributed by atoms with Crippen LogP contribution in [0.25, 0.3) is 0 Å². The number of allylic oxidation sites excluding steroid dienone is 1. The van der Waals surface area contributed by atoms with Crippen LogP contribution >= 0.6 is 0 Å². The van der Waals surface area contributed by atoms with Gasteiger partial charge in [-0.25, -0.2) is 0 Å². The normalized spacial score (nSPS) is 26.6. The zero-order chi connectivity index (χ0) is 17.7. The molecule has 0 aromatic carbocycles. The van der Waals surface area contributed by atoms with E-state index in [4.69, 9.17) is 15.9 Å². The zero-order valence-electron chi connectivity index (χ0n) is 12.5. The van der Waals surface area contributed by atoms with Gasteiger partial charge in [0.15, 0.2) is 0 Å². The van der Waals surface area contributed by atoms with Gasteiger partial charge < -0.3 is 21.1 Å². The second-order valence-corrected chi connectivity index (χ2v) is 5.62. The Morgan fingerprint density at radius 1 is 1.17 bits per heavy atom. The van der Waals surface area contributed by atoms with Crippen LogP contribution in [0.1, 0.15) is 38.5 Å². The molecule has 9 heteroatoms. The molecule has 5 N–H and O–H groups in total. The van der Waals surface area contributed by atoms with Crippen LogP contribution in [0.15, 0.2) is 23.9 Å². The fourth-order valence-corrected chi connectivity index (χ4v) is 2.57. The Labute approximate surface area is 132 Å². The molecule has 9 nitrogen and oxygen atoms in total. The number of aliphatic carboxylic acids is 2. The topological polar surface area (TPSA) is 164 Å². The molecule has 0 aliphatic heterocycles. The predicted molar refractivity (Wildman–Crippen MR) is 79.1 cm³/mol. The first-order chi connectivity index (χ1) is 10.6. The number of carbonyl (C=O) groups is 2. The first-order valence-corrected chi connectivity index (χ1v) is 7.11. The smallest absolute Gasteiger partial charge is 0.303 e. The van der Waals surface area contributed by atoms with Crippen molar-refractivity contribution in [2.75, 3.05) is 0 Å². The predicted octanol–water partition coefficient (Wildman–Crippen LogP) is 0.655. The molecule has 0 fully saturated rings. The van der Waals surface area contributed by atoms with Gasteiger partial charge in [0.2, 0.25) is 0 Å². The van der Waals surface area contributed by atoms with E-state index in [0.717, 1.165) is 12.2 Å². The molecule has 0 spiro atoms. The SMILES string of the molecule is NC1(CCCC(=O)O)C=C([N+](=O)[O-])C=CC1(O)CCCC(=O)O. The summed E-state index contributed by atoms with van der Waals surface area (Å²) in [6.07, 6.45) is 3.37. The third kappa shape index (κ3) is 4.86. The molecule has 0 heterocycles. The van der Waals surface area contributed by atoms with Gasteiger partial charge in [-0.2, -0.15) is 0 Å². The Balaban J connectivity index is 2.96. The number of nitro groups is 1. The minimum absolute atomic E-state index is 0.000859. The van der Waals surface area contributed by atoms with Gasteiger partial charge in [-0.15, -0.1) is 0 Å². The highest BCUT2D eigenvalue weighted by molar-refractivity contribution is 5.67. The summed E-state index contributed by atoms with van der Waals surface area (Å²) in [5.74, 6) is -2.06. The summed E-state index contributed by atoms with van der Waals surface area (Å²) in [5, 5.41) is 39.0. The van der Waals surface area contributed by atoms with Crippen LogP contribution in [0.4, 0.5) is 0 Å². The number of hydrogen-bond acceptors (Lipinski definition) is 6. The number of hydrogen-bond donors (Lipinski definition) is 4. The van der Waals surface area contributed by atoms with E-state index in [1.54, 1.807) is 0 Å². The molecule has 0 saturated heterocycles. The molecular weight excluding hydrogens is 308 g/mol. The molecule has 128 valence electrons. The van der Waals surface area contributed by atoms with Crippen LogP contribution in [-0.2, 0) is 9.59 Å². The van der Waals surface area contributed by atoms with Gasteiger partial charge in [0.25, 0.3) is 5.70 Å². The highest BCUT2D eigenvalue weighted by Crippen LogP contribution is 2.37. The van der Waals surface area contributed by atoms with Gasteiger partial charge in [0, 0.05) is 25.0 Å². The number of nitrogens with two attached hydrogens (primary N) is 1. The lowest BCUT2D eigenvalue weighted by Gasteiger charge is -2.42. The molecule has 0 bridgehead atoms. The first-order valence-electron chi connectivity index (χ1n) is 7.11. The standard InChI is InChI=1S/C14H20N2O7/c15-13(6-1-3-11(17)18)9-10(16(22)23)5-8-14(13,21)7-2-4-12(19)20/h5,8-9,21H,1-4,6-7,15H2,(H,17,18)(H,19,20). The van der Waals surface area contributed by atoms with E-state index in [0.29, 0.717) is 0 Å². The Morgan fingerprint density at radius 3 is 2.17 bits per heavy atom. The highest BCUT2D eigenvalue weighted by atomic mass is 16.6. The Kier molecular flexibility index (Phi) is 5.99. The van der Waals surface area contributed by atoms with E-state index in [1.807, 2.05) is 0 Å². The summed E-state index contributed by atoms with van der Waals surface area (Å²) >= 11 is 0. The van der Waals surface area contributed by atoms with Gasteiger partial charge in [-0.1, -0.05) is 0 Å². The summed E-state index contributed by atoms with van der Waals surface area (Å²) in [4.78, 5) is 31.5. The van der Waals surface area contributed by atoms with Crippen LogP contribution in [0.5, 0.6) is 0 Å². The Bertz CT molecular complexity index is 557. The summed E-state index contributed by atoms with van der Waals surface area (Å²) in [7, 11) is 0. The molecule has 2 unspecified atom stereocenters. The van der Waals surface area contributed by atoms with Crippen molar-refractivity contribution in [2.45, 2.75) is 49.7 Å². The van der Waals surface area contributed by atoms with Crippen molar-refractivity contribution in [3.05, 3.63) is 34.0 Å². The highest BCUT2D eigenvalue weighted by Gasteiger charge is 2.47. The zero-order valence-corrected chi connectivity index (χ0v) is 12.5. The monoisotopic (exact) mass is 328 g/mol. The van der Waals surface area contributed by atoms with Crippen molar-refractivity contribution in [3.8, 4) is 0 Å². The lowest BCUT2D eigenvalue weighted by molar-refractivity contribution is -0.420. The van der Waals surface area contributed by atoms with Crippen molar-refractivity contribution in [1.82, 2.24) is 0 Å². The molecule has 0 amide bonds.